The van der Waals surface area contributed by atoms with Gasteiger partial charge in [-0.05, 0) is 18.1 Å². The molecular formula is C17H16O2. The van der Waals surface area contributed by atoms with Crippen LogP contribution >= 0.6 is 0 Å². The number of esters is 1. The van der Waals surface area contributed by atoms with Gasteiger partial charge in [-0.25, -0.2) is 0 Å². The summed E-state index contributed by atoms with van der Waals surface area (Å²) in [4.78, 5) is 11.0. The van der Waals surface area contributed by atoms with Crippen molar-refractivity contribution < 1.29 is 9.53 Å². The number of hydrogen-bond acceptors (Lipinski definition) is 2. The minimum absolute atomic E-state index is 0.302. The lowest BCUT2D eigenvalue weighted by Crippen LogP contribution is -2.02. The van der Waals surface area contributed by atoms with E-state index in [-0.39, 0.29) is 5.97 Å². The molecule has 0 bridgehead atoms. The first-order valence-electron chi connectivity index (χ1n) is 6.23. The van der Waals surface area contributed by atoms with E-state index in [0.717, 1.165) is 12.0 Å². The van der Waals surface area contributed by atoms with Gasteiger partial charge in [0, 0.05) is 12.5 Å². The zero-order valence-corrected chi connectivity index (χ0v) is 10.9. The smallest absolute Gasteiger partial charge is 0.308 e. The van der Waals surface area contributed by atoms with Crippen LogP contribution in [0.2, 0.25) is 0 Å². The van der Waals surface area contributed by atoms with Crippen molar-refractivity contribution in [2.75, 3.05) is 0 Å². The van der Waals surface area contributed by atoms with Gasteiger partial charge < -0.3 is 4.74 Å². The van der Waals surface area contributed by atoms with Gasteiger partial charge in [0.25, 0.3) is 0 Å². The van der Waals surface area contributed by atoms with E-state index in [4.69, 9.17) is 4.74 Å². The van der Waals surface area contributed by atoms with E-state index in [1.807, 2.05) is 42.5 Å². The number of para-hydroxylation sites is 1. The molecule has 0 spiro atoms. The van der Waals surface area contributed by atoms with E-state index in [1.54, 1.807) is 6.07 Å². The Morgan fingerprint density at radius 3 is 2.47 bits per heavy atom. The molecule has 0 N–H and O–H groups in total. The van der Waals surface area contributed by atoms with Crippen LogP contribution in [0.25, 0.3) is 6.08 Å². The number of benzene rings is 2. The van der Waals surface area contributed by atoms with Crippen molar-refractivity contribution in [3.8, 4) is 5.75 Å². The van der Waals surface area contributed by atoms with Crippen molar-refractivity contribution in [3.05, 3.63) is 71.8 Å². The molecule has 2 aromatic carbocycles. The normalized spacial score (nSPS) is 10.6. The summed E-state index contributed by atoms with van der Waals surface area (Å²) in [5.74, 6) is 0.295. The lowest BCUT2D eigenvalue weighted by molar-refractivity contribution is -0.131. The Labute approximate surface area is 113 Å². The zero-order chi connectivity index (χ0) is 13.5. The van der Waals surface area contributed by atoms with Crippen LogP contribution in [0.3, 0.4) is 0 Å². The lowest BCUT2D eigenvalue weighted by atomic mass is 10.1. The summed E-state index contributed by atoms with van der Waals surface area (Å²) in [6.07, 6.45) is 4.90. The molecule has 0 radical (unpaired) electrons. The van der Waals surface area contributed by atoms with Crippen LogP contribution in [0.15, 0.2) is 60.7 Å². The molecule has 0 amide bonds. The third-order valence-electron chi connectivity index (χ3n) is 2.67. The maximum absolute atomic E-state index is 11.0. The molecule has 96 valence electrons. The highest BCUT2D eigenvalue weighted by atomic mass is 16.5. The molecule has 2 rings (SSSR count). The first-order chi connectivity index (χ1) is 9.25. The van der Waals surface area contributed by atoms with E-state index < -0.39 is 0 Å². The Kier molecular flexibility index (Phi) is 4.51. The SMILES string of the molecule is CC(=O)Oc1ccccc1C=CCc1ccccc1. The molecule has 2 heteroatoms. The van der Waals surface area contributed by atoms with Crippen molar-refractivity contribution in [2.24, 2.45) is 0 Å². The van der Waals surface area contributed by atoms with E-state index in [0.29, 0.717) is 5.75 Å². The molecule has 0 saturated carbocycles. The van der Waals surface area contributed by atoms with Crippen molar-refractivity contribution in [2.45, 2.75) is 13.3 Å². The van der Waals surface area contributed by atoms with Gasteiger partial charge in [0.15, 0.2) is 0 Å². The molecule has 0 aliphatic carbocycles. The number of hydrogen-bond donors (Lipinski definition) is 0. The number of rotatable bonds is 4. The first kappa shape index (κ1) is 13.1. The third kappa shape index (κ3) is 4.11. The number of allylic oxidation sites excluding steroid dienone is 1. The highest BCUT2D eigenvalue weighted by molar-refractivity contribution is 5.71. The minimum Gasteiger partial charge on any atom is -0.426 e. The summed E-state index contributed by atoms with van der Waals surface area (Å²) in [5.41, 5.74) is 2.16. The van der Waals surface area contributed by atoms with Crippen LogP contribution in [0.4, 0.5) is 0 Å². The van der Waals surface area contributed by atoms with E-state index in [1.165, 1.54) is 12.5 Å². The fourth-order valence-corrected chi connectivity index (χ4v) is 1.80. The average Bonchev–Trinajstić information content (AvgIpc) is 2.41. The average molecular weight is 252 g/mol. The molecule has 0 aliphatic heterocycles. The monoisotopic (exact) mass is 252 g/mol. The third-order valence-corrected chi connectivity index (χ3v) is 2.67. The maximum atomic E-state index is 11.0. The van der Waals surface area contributed by atoms with Crippen LogP contribution in [0.5, 0.6) is 5.75 Å². The van der Waals surface area contributed by atoms with Gasteiger partial charge in [-0.3, -0.25) is 4.79 Å². The van der Waals surface area contributed by atoms with Crippen LogP contribution < -0.4 is 4.74 Å². The second-order valence-electron chi connectivity index (χ2n) is 4.22. The molecule has 19 heavy (non-hydrogen) atoms. The minimum atomic E-state index is -0.302. The topological polar surface area (TPSA) is 26.3 Å². The first-order valence-corrected chi connectivity index (χ1v) is 6.23. The highest BCUT2D eigenvalue weighted by Gasteiger charge is 2.01. The van der Waals surface area contributed by atoms with Crippen LogP contribution in [0, 0.1) is 0 Å². The molecule has 0 unspecified atom stereocenters. The van der Waals surface area contributed by atoms with Crippen molar-refractivity contribution in [3.63, 3.8) is 0 Å². The molecule has 0 atom stereocenters. The van der Waals surface area contributed by atoms with Gasteiger partial charge in [0.05, 0.1) is 0 Å². The second kappa shape index (κ2) is 6.55. The van der Waals surface area contributed by atoms with Gasteiger partial charge in [-0.1, -0.05) is 60.7 Å². The molecule has 2 nitrogen and oxygen atoms in total. The molecule has 0 heterocycles. The van der Waals surface area contributed by atoms with Crippen molar-refractivity contribution in [1.29, 1.82) is 0 Å². The Morgan fingerprint density at radius 1 is 1.05 bits per heavy atom. The summed E-state index contributed by atoms with van der Waals surface area (Å²) < 4.78 is 5.16. The summed E-state index contributed by atoms with van der Waals surface area (Å²) in [5, 5.41) is 0. The molecule has 0 fully saturated rings. The van der Waals surface area contributed by atoms with Gasteiger partial charge in [-0.2, -0.15) is 0 Å². The van der Waals surface area contributed by atoms with E-state index in [9.17, 15) is 4.79 Å². The molecule has 0 saturated heterocycles. The van der Waals surface area contributed by atoms with Crippen LogP contribution in [-0.4, -0.2) is 5.97 Å². The second-order valence-corrected chi connectivity index (χ2v) is 4.22. The number of carbonyl (C=O) groups is 1. The highest BCUT2D eigenvalue weighted by Crippen LogP contribution is 2.19. The fraction of sp³-hybridized carbons (Fsp3) is 0.118. The Bertz CT molecular complexity index is 571. The number of ether oxygens (including phenoxy) is 1. The van der Waals surface area contributed by atoms with Gasteiger partial charge >= 0.3 is 5.97 Å². The van der Waals surface area contributed by atoms with Gasteiger partial charge in [0.2, 0.25) is 0 Å². The maximum Gasteiger partial charge on any atom is 0.308 e. The lowest BCUT2D eigenvalue weighted by Gasteiger charge is -2.04. The quantitative estimate of drug-likeness (QED) is 0.610. The Balaban J connectivity index is 2.08. The Hall–Kier alpha value is -2.35. The largest absolute Gasteiger partial charge is 0.426 e. The molecule has 0 aliphatic rings. The molecule has 0 aromatic heterocycles. The zero-order valence-electron chi connectivity index (χ0n) is 10.9. The van der Waals surface area contributed by atoms with Gasteiger partial charge in [0.1, 0.15) is 5.75 Å². The van der Waals surface area contributed by atoms with Crippen molar-refractivity contribution in [1.82, 2.24) is 0 Å². The molecular weight excluding hydrogens is 236 g/mol. The van der Waals surface area contributed by atoms with Crippen LogP contribution in [0.1, 0.15) is 18.1 Å². The number of carbonyl (C=O) groups excluding carboxylic acids is 1. The summed E-state index contributed by atoms with van der Waals surface area (Å²) in [7, 11) is 0. The summed E-state index contributed by atoms with van der Waals surface area (Å²) >= 11 is 0. The summed E-state index contributed by atoms with van der Waals surface area (Å²) in [6, 6.07) is 17.7. The van der Waals surface area contributed by atoms with Gasteiger partial charge in [-0.15, -0.1) is 0 Å². The predicted octanol–water partition coefficient (Wildman–Crippen LogP) is 3.87. The van der Waals surface area contributed by atoms with E-state index >= 15 is 0 Å². The van der Waals surface area contributed by atoms with Crippen molar-refractivity contribution >= 4 is 12.0 Å². The molecule has 2 aromatic rings. The predicted molar refractivity (Wildman–Crippen MR) is 76.9 cm³/mol. The Morgan fingerprint density at radius 2 is 1.74 bits per heavy atom. The fourth-order valence-electron chi connectivity index (χ4n) is 1.80. The van der Waals surface area contributed by atoms with E-state index in [2.05, 4.69) is 18.2 Å². The van der Waals surface area contributed by atoms with Crippen LogP contribution in [-0.2, 0) is 11.2 Å². The standard InChI is InChI=1S/C17H16O2/c1-14(18)19-17-13-6-5-11-16(17)12-7-10-15-8-3-2-4-9-15/h2-9,11-13H,10H2,1H3. The summed E-state index contributed by atoms with van der Waals surface area (Å²) in [6.45, 7) is 1.41.